The van der Waals surface area contributed by atoms with Crippen molar-refractivity contribution in [2.45, 2.75) is 30.4 Å². The van der Waals surface area contributed by atoms with Crippen LogP contribution in [-0.4, -0.2) is 23.3 Å². The van der Waals surface area contributed by atoms with E-state index < -0.39 is 0 Å². The molecule has 1 aromatic heterocycles. The number of nitrogens with zero attached hydrogens (tertiary/aromatic N) is 2. The second kappa shape index (κ2) is 10.0. The molecule has 0 aliphatic carbocycles. The minimum atomic E-state index is -0.368. The molecule has 0 saturated carbocycles. The summed E-state index contributed by atoms with van der Waals surface area (Å²) in [5, 5.41) is 1.04. The lowest BCUT2D eigenvalue weighted by Gasteiger charge is -2.26. The Morgan fingerprint density at radius 1 is 1.14 bits per heavy atom. The maximum Gasteiger partial charge on any atom is 0.173 e. The number of aryl methyl sites for hydroxylation is 1. The van der Waals surface area contributed by atoms with E-state index in [9.17, 15) is 8.78 Å². The van der Waals surface area contributed by atoms with Gasteiger partial charge >= 0.3 is 0 Å². The van der Waals surface area contributed by atoms with Crippen molar-refractivity contribution in [2.24, 2.45) is 0 Å². The molecule has 0 fully saturated rings. The fourth-order valence-electron chi connectivity index (χ4n) is 4.32. The van der Waals surface area contributed by atoms with Gasteiger partial charge in [-0.15, -0.1) is 0 Å². The van der Waals surface area contributed by atoms with Gasteiger partial charge in [-0.25, -0.2) is 13.8 Å². The molecule has 8 heteroatoms. The van der Waals surface area contributed by atoms with Crippen LogP contribution in [0.1, 0.15) is 34.2 Å². The quantitative estimate of drug-likeness (QED) is 0.259. The number of aromatic nitrogens is 2. The zero-order valence-electron chi connectivity index (χ0n) is 19.2. The Morgan fingerprint density at radius 3 is 2.66 bits per heavy atom. The predicted molar refractivity (Wildman–Crippen MR) is 134 cm³/mol. The van der Waals surface area contributed by atoms with Crippen LogP contribution in [0.25, 0.3) is 5.69 Å². The normalized spacial score (nSPS) is 15.2. The zero-order chi connectivity index (χ0) is 24.5. The molecular weight excluding hydrogens is 490 g/mol. The van der Waals surface area contributed by atoms with Gasteiger partial charge in [-0.3, -0.25) is 4.57 Å². The third-order valence-electron chi connectivity index (χ3n) is 6.04. The van der Waals surface area contributed by atoms with E-state index in [1.165, 1.54) is 30.0 Å². The average molecular weight is 513 g/mol. The second-order valence-electron chi connectivity index (χ2n) is 8.26. The van der Waals surface area contributed by atoms with E-state index in [-0.39, 0.29) is 17.7 Å². The third kappa shape index (κ3) is 4.68. The molecular formula is C27H23ClF2N2O2S. The Labute approximate surface area is 211 Å². The van der Waals surface area contributed by atoms with Gasteiger partial charge in [-0.05, 0) is 66.6 Å². The van der Waals surface area contributed by atoms with E-state index in [0.29, 0.717) is 34.5 Å². The molecule has 4 nitrogen and oxygen atoms in total. The summed E-state index contributed by atoms with van der Waals surface area (Å²) >= 11 is 7.65. The number of methoxy groups -OCH3 is 1. The molecule has 1 aliphatic heterocycles. The molecule has 2 heterocycles. The molecule has 1 aliphatic rings. The molecule has 0 spiro atoms. The van der Waals surface area contributed by atoms with Crippen molar-refractivity contribution in [3.8, 4) is 11.4 Å². The minimum Gasteiger partial charge on any atom is -0.496 e. The second-order valence-corrected chi connectivity index (χ2v) is 9.61. The van der Waals surface area contributed by atoms with Gasteiger partial charge in [0.2, 0.25) is 0 Å². The first-order valence-electron chi connectivity index (χ1n) is 11.2. The number of hydrogen-bond acceptors (Lipinski definition) is 4. The number of halogens is 3. The van der Waals surface area contributed by atoms with Crippen molar-refractivity contribution in [1.29, 1.82) is 0 Å². The van der Waals surface area contributed by atoms with Gasteiger partial charge < -0.3 is 9.47 Å². The summed E-state index contributed by atoms with van der Waals surface area (Å²) in [5.41, 5.74) is 4.93. The molecule has 3 aromatic carbocycles. The van der Waals surface area contributed by atoms with Gasteiger partial charge in [0.05, 0.1) is 25.1 Å². The zero-order valence-corrected chi connectivity index (χ0v) is 20.8. The Balaban J connectivity index is 1.61. The van der Waals surface area contributed by atoms with Gasteiger partial charge in [0, 0.05) is 28.4 Å². The summed E-state index contributed by atoms with van der Waals surface area (Å²) in [7, 11) is 1.64. The van der Waals surface area contributed by atoms with E-state index in [1.807, 2.05) is 29.7 Å². The number of rotatable bonds is 6. The van der Waals surface area contributed by atoms with E-state index in [4.69, 9.17) is 26.1 Å². The van der Waals surface area contributed by atoms with Crippen molar-refractivity contribution in [3.05, 3.63) is 105 Å². The fourth-order valence-corrected chi connectivity index (χ4v) is 5.71. The van der Waals surface area contributed by atoms with Crippen LogP contribution in [0.15, 0.2) is 65.8 Å². The highest BCUT2D eigenvalue weighted by Crippen LogP contribution is 2.40. The molecule has 1 unspecified atom stereocenters. The third-order valence-corrected chi connectivity index (χ3v) is 7.36. The maximum atomic E-state index is 14.4. The minimum absolute atomic E-state index is 0.301. The van der Waals surface area contributed by atoms with Crippen molar-refractivity contribution in [3.63, 3.8) is 0 Å². The van der Waals surface area contributed by atoms with Gasteiger partial charge in [-0.2, -0.15) is 0 Å². The smallest absolute Gasteiger partial charge is 0.173 e. The molecule has 0 saturated heterocycles. The summed E-state index contributed by atoms with van der Waals surface area (Å²) in [6.45, 7) is 2.51. The summed E-state index contributed by atoms with van der Waals surface area (Å²) in [5.74, 6) is 0.420. The molecule has 5 rings (SSSR count). The largest absolute Gasteiger partial charge is 0.496 e. The van der Waals surface area contributed by atoms with Crippen LogP contribution in [0.4, 0.5) is 8.78 Å². The van der Waals surface area contributed by atoms with Crippen LogP contribution in [0.3, 0.4) is 0 Å². The number of fused-ring (bicyclic) bond motifs is 1. The molecule has 0 bridgehead atoms. The van der Waals surface area contributed by atoms with Crippen LogP contribution in [0.2, 0.25) is 5.02 Å². The molecule has 0 amide bonds. The van der Waals surface area contributed by atoms with Crippen molar-refractivity contribution < 1.29 is 18.3 Å². The summed E-state index contributed by atoms with van der Waals surface area (Å²) in [4.78, 5) is 4.92. The Morgan fingerprint density at radius 2 is 1.94 bits per heavy atom. The first-order chi connectivity index (χ1) is 17.0. The van der Waals surface area contributed by atoms with Gasteiger partial charge in [0.25, 0.3) is 0 Å². The molecule has 4 aromatic rings. The number of imidazole rings is 1. The number of thioether (sulfide) groups is 1. The SMILES string of the molecule is COc1ccc(C2OCCc3nc(SCc4c(F)cccc4Cl)n(-c4ccc(F)cc4)c32)cc1C. The highest BCUT2D eigenvalue weighted by Gasteiger charge is 2.31. The summed E-state index contributed by atoms with van der Waals surface area (Å²) in [6, 6.07) is 16.9. The number of ether oxygens (including phenoxy) is 2. The lowest BCUT2D eigenvalue weighted by molar-refractivity contribution is 0.0647. The van der Waals surface area contributed by atoms with E-state index in [2.05, 4.69) is 0 Å². The van der Waals surface area contributed by atoms with Crippen molar-refractivity contribution in [1.82, 2.24) is 9.55 Å². The van der Waals surface area contributed by atoms with E-state index in [0.717, 1.165) is 34.0 Å². The highest BCUT2D eigenvalue weighted by atomic mass is 35.5. The van der Waals surface area contributed by atoms with Crippen LogP contribution in [0.5, 0.6) is 5.75 Å². The Kier molecular flexibility index (Phi) is 6.82. The van der Waals surface area contributed by atoms with E-state index in [1.54, 1.807) is 31.4 Å². The van der Waals surface area contributed by atoms with Gasteiger partial charge in [-0.1, -0.05) is 35.5 Å². The topological polar surface area (TPSA) is 36.3 Å². The van der Waals surface area contributed by atoms with Crippen LogP contribution in [-0.2, 0) is 16.9 Å². The highest BCUT2D eigenvalue weighted by molar-refractivity contribution is 7.98. The predicted octanol–water partition coefficient (Wildman–Crippen LogP) is 7.08. The van der Waals surface area contributed by atoms with Gasteiger partial charge in [0.15, 0.2) is 5.16 Å². The van der Waals surface area contributed by atoms with Crippen LogP contribution in [0, 0.1) is 18.6 Å². The maximum absolute atomic E-state index is 14.4. The standard InChI is InChI=1S/C27H23ClF2N2O2S/c1-16-14-17(6-11-24(16)33-2)26-25-23(12-13-34-26)31-27(32(25)19-9-7-18(29)8-10-19)35-15-20-21(28)4-3-5-22(20)30/h3-11,14,26H,12-13,15H2,1-2H3. The molecule has 0 N–H and O–H groups in total. The summed E-state index contributed by atoms with van der Waals surface area (Å²) in [6.07, 6.45) is 0.274. The molecule has 0 radical (unpaired) electrons. The Hall–Kier alpha value is -2.87. The van der Waals surface area contributed by atoms with Crippen molar-refractivity contribution in [2.75, 3.05) is 13.7 Å². The van der Waals surface area contributed by atoms with Crippen LogP contribution >= 0.6 is 23.4 Å². The van der Waals surface area contributed by atoms with E-state index >= 15 is 0 Å². The number of benzene rings is 3. The molecule has 35 heavy (non-hydrogen) atoms. The fraction of sp³-hybridized carbons (Fsp3) is 0.222. The van der Waals surface area contributed by atoms with Crippen LogP contribution < -0.4 is 4.74 Å². The average Bonchev–Trinajstić information content (AvgIpc) is 3.22. The van der Waals surface area contributed by atoms with Crippen molar-refractivity contribution >= 4 is 23.4 Å². The monoisotopic (exact) mass is 512 g/mol. The lowest BCUT2D eigenvalue weighted by atomic mass is 9.99. The lowest BCUT2D eigenvalue weighted by Crippen LogP contribution is -2.20. The number of hydrogen-bond donors (Lipinski definition) is 0. The first-order valence-corrected chi connectivity index (χ1v) is 12.5. The summed E-state index contributed by atoms with van der Waals surface area (Å²) < 4.78 is 41.9. The molecule has 180 valence electrons. The molecule has 1 atom stereocenters. The Bertz CT molecular complexity index is 1350. The first kappa shape index (κ1) is 23.9. The van der Waals surface area contributed by atoms with Gasteiger partial charge in [0.1, 0.15) is 23.5 Å².